The van der Waals surface area contributed by atoms with Crippen LogP contribution in [0.15, 0.2) is 54.6 Å². The normalized spacial score (nSPS) is 19.4. The number of piperidine rings is 1. The third-order valence-corrected chi connectivity index (χ3v) is 6.69. The topological polar surface area (TPSA) is 36.1 Å². The van der Waals surface area contributed by atoms with Crippen molar-refractivity contribution in [2.24, 2.45) is 5.41 Å². The highest BCUT2D eigenvalue weighted by atomic mass is 15.1. The molecule has 3 nitrogen and oxygen atoms in total. The summed E-state index contributed by atoms with van der Waals surface area (Å²) in [7, 11) is 0. The van der Waals surface area contributed by atoms with Crippen LogP contribution in [0.25, 0.3) is 11.1 Å². The summed E-state index contributed by atoms with van der Waals surface area (Å²) in [6.45, 7) is 18.3. The predicted molar refractivity (Wildman–Crippen MR) is 144 cm³/mol. The van der Waals surface area contributed by atoms with Crippen LogP contribution in [-0.4, -0.2) is 36.3 Å². The van der Waals surface area contributed by atoms with Gasteiger partial charge < -0.3 is 16.0 Å². The van der Waals surface area contributed by atoms with Gasteiger partial charge in [-0.05, 0) is 82.0 Å². The molecule has 0 radical (unpaired) electrons. The molecule has 1 fully saturated rings. The lowest BCUT2D eigenvalue weighted by Crippen LogP contribution is -2.62. The first-order valence-corrected chi connectivity index (χ1v) is 12.8. The SMILES string of the molecule is CC(C)(C)CCNC(CNC1CC(C)(C)NC(C)(C)C1)Cc1ccc(-c2ccccc2)cc1. The van der Waals surface area contributed by atoms with E-state index in [1.807, 2.05) is 0 Å². The molecule has 2 aromatic carbocycles. The number of hydrogen-bond donors (Lipinski definition) is 3. The maximum atomic E-state index is 3.94. The zero-order valence-electron chi connectivity index (χ0n) is 22.1. The van der Waals surface area contributed by atoms with Gasteiger partial charge in [0.2, 0.25) is 0 Å². The van der Waals surface area contributed by atoms with Crippen molar-refractivity contribution < 1.29 is 0 Å². The maximum absolute atomic E-state index is 3.94. The van der Waals surface area contributed by atoms with Crippen molar-refractivity contribution >= 4 is 0 Å². The molecule has 33 heavy (non-hydrogen) atoms. The molecule has 3 heteroatoms. The van der Waals surface area contributed by atoms with Crippen LogP contribution in [0.5, 0.6) is 0 Å². The molecule has 182 valence electrons. The second-order valence-corrected chi connectivity index (χ2v) is 12.6. The zero-order chi connectivity index (χ0) is 24.1. The Labute approximate surface area is 203 Å². The molecular formula is C30H47N3. The first-order chi connectivity index (χ1) is 15.4. The Hall–Kier alpha value is -1.68. The fourth-order valence-corrected chi connectivity index (χ4v) is 5.39. The monoisotopic (exact) mass is 449 g/mol. The molecule has 1 saturated heterocycles. The Morgan fingerprint density at radius 2 is 1.45 bits per heavy atom. The molecule has 1 atom stereocenters. The van der Waals surface area contributed by atoms with Crippen molar-refractivity contribution in [2.75, 3.05) is 13.1 Å². The molecule has 0 aliphatic carbocycles. The Morgan fingerprint density at radius 3 is 2.03 bits per heavy atom. The van der Waals surface area contributed by atoms with Crippen LogP contribution < -0.4 is 16.0 Å². The van der Waals surface area contributed by atoms with Crippen molar-refractivity contribution in [3.8, 4) is 11.1 Å². The van der Waals surface area contributed by atoms with Crippen LogP contribution >= 0.6 is 0 Å². The Morgan fingerprint density at radius 1 is 0.879 bits per heavy atom. The summed E-state index contributed by atoms with van der Waals surface area (Å²) in [5.74, 6) is 0. The standard InChI is InChI=1S/C30H47N3/c1-28(2,3)17-18-31-26(22-32-27-20-29(4,5)33-30(6,7)21-27)19-23-13-15-25(16-14-23)24-11-9-8-10-12-24/h8-16,26-27,31-33H,17-22H2,1-7H3. The van der Waals surface area contributed by atoms with Crippen LogP contribution in [0.2, 0.25) is 0 Å². The molecule has 1 unspecified atom stereocenters. The molecule has 1 aliphatic heterocycles. The van der Waals surface area contributed by atoms with Crippen LogP contribution in [0.3, 0.4) is 0 Å². The van der Waals surface area contributed by atoms with Gasteiger partial charge in [-0.3, -0.25) is 0 Å². The number of nitrogens with one attached hydrogen (secondary N) is 3. The van der Waals surface area contributed by atoms with Crippen LogP contribution in [0.4, 0.5) is 0 Å². The summed E-state index contributed by atoms with van der Waals surface area (Å²) in [6.07, 6.45) is 4.56. The second-order valence-electron chi connectivity index (χ2n) is 12.6. The van der Waals surface area contributed by atoms with E-state index in [1.54, 1.807) is 0 Å². The lowest BCUT2D eigenvalue weighted by Gasteiger charge is -2.47. The smallest absolute Gasteiger partial charge is 0.0232 e. The molecule has 2 aromatic rings. The summed E-state index contributed by atoms with van der Waals surface area (Å²) >= 11 is 0. The van der Waals surface area contributed by atoms with E-state index in [-0.39, 0.29) is 11.1 Å². The van der Waals surface area contributed by atoms with Gasteiger partial charge in [0.1, 0.15) is 0 Å². The first kappa shape index (κ1) is 25.9. The zero-order valence-corrected chi connectivity index (χ0v) is 22.1. The molecule has 3 rings (SSSR count). The van der Waals surface area contributed by atoms with E-state index in [1.165, 1.54) is 23.1 Å². The predicted octanol–water partition coefficient (Wildman–Crippen LogP) is 6.19. The van der Waals surface area contributed by atoms with E-state index in [4.69, 9.17) is 0 Å². The fourth-order valence-electron chi connectivity index (χ4n) is 5.39. The molecule has 0 saturated carbocycles. The molecular weight excluding hydrogens is 402 g/mol. The molecule has 0 bridgehead atoms. The average molecular weight is 450 g/mol. The summed E-state index contributed by atoms with van der Waals surface area (Å²) < 4.78 is 0. The number of rotatable bonds is 9. The molecule has 3 N–H and O–H groups in total. The van der Waals surface area contributed by atoms with E-state index in [2.05, 4.69) is 119 Å². The van der Waals surface area contributed by atoms with Gasteiger partial charge in [-0.25, -0.2) is 0 Å². The van der Waals surface area contributed by atoms with Gasteiger partial charge in [-0.2, -0.15) is 0 Å². The Balaban J connectivity index is 1.63. The van der Waals surface area contributed by atoms with Crippen molar-refractivity contribution in [3.63, 3.8) is 0 Å². The van der Waals surface area contributed by atoms with Gasteiger partial charge in [0.05, 0.1) is 0 Å². The van der Waals surface area contributed by atoms with Crippen LogP contribution in [-0.2, 0) is 6.42 Å². The molecule has 0 amide bonds. The van der Waals surface area contributed by atoms with E-state index < -0.39 is 0 Å². The minimum atomic E-state index is 0.168. The first-order valence-electron chi connectivity index (χ1n) is 12.8. The van der Waals surface area contributed by atoms with Gasteiger partial charge in [0, 0.05) is 29.7 Å². The largest absolute Gasteiger partial charge is 0.312 e. The van der Waals surface area contributed by atoms with E-state index in [0.717, 1.165) is 32.4 Å². The maximum Gasteiger partial charge on any atom is 0.0232 e. The summed E-state index contributed by atoms with van der Waals surface area (Å²) in [4.78, 5) is 0. The fraction of sp³-hybridized carbons (Fsp3) is 0.600. The van der Waals surface area contributed by atoms with Gasteiger partial charge in [-0.1, -0.05) is 75.4 Å². The average Bonchev–Trinajstić information content (AvgIpc) is 2.70. The Kier molecular flexibility index (Phi) is 8.42. The summed E-state index contributed by atoms with van der Waals surface area (Å²) in [5, 5.41) is 11.6. The highest BCUT2D eigenvalue weighted by Gasteiger charge is 2.37. The summed E-state index contributed by atoms with van der Waals surface area (Å²) in [5.41, 5.74) is 4.65. The third kappa shape index (κ3) is 8.88. The minimum Gasteiger partial charge on any atom is -0.312 e. The van der Waals surface area contributed by atoms with Crippen molar-refractivity contribution in [1.29, 1.82) is 0 Å². The van der Waals surface area contributed by atoms with E-state index in [0.29, 0.717) is 17.5 Å². The van der Waals surface area contributed by atoms with Crippen molar-refractivity contribution in [3.05, 3.63) is 60.2 Å². The highest BCUT2D eigenvalue weighted by Crippen LogP contribution is 2.28. The summed E-state index contributed by atoms with van der Waals surface area (Å²) in [6, 6.07) is 20.7. The quantitative estimate of drug-likeness (QED) is 0.427. The van der Waals surface area contributed by atoms with Gasteiger partial charge >= 0.3 is 0 Å². The number of hydrogen-bond acceptors (Lipinski definition) is 3. The van der Waals surface area contributed by atoms with Crippen molar-refractivity contribution in [1.82, 2.24) is 16.0 Å². The van der Waals surface area contributed by atoms with Crippen LogP contribution in [0.1, 0.15) is 73.3 Å². The second kappa shape index (κ2) is 10.7. The molecule has 1 aliphatic rings. The van der Waals surface area contributed by atoms with Gasteiger partial charge in [0.15, 0.2) is 0 Å². The van der Waals surface area contributed by atoms with Gasteiger partial charge in [0.25, 0.3) is 0 Å². The lowest BCUT2D eigenvalue weighted by molar-refractivity contribution is 0.144. The minimum absolute atomic E-state index is 0.168. The highest BCUT2D eigenvalue weighted by molar-refractivity contribution is 5.63. The van der Waals surface area contributed by atoms with Crippen LogP contribution in [0, 0.1) is 5.41 Å². The third-order valence-electron chi connectivity index (χ3n) is 6.69. The molecule has 0 spiro atoms. The van der Waals surface area contributed by atoms with E-state index in [9.17, 15) is 0 Å². The molecule has 0 aromatic heterocycles. The van der Waals surface area contributed by atoms with E-state index >= 15 is 0 Å². The lowest BCUT2D eigenvalue weighted by atomic mass is 9.79. The Bertz CT molecular complexity index is 830. The number of benzene rings is 2. The van der Waals surface area contributed by atoms with Gasteiger partial charge in [-0.15, -0.1) is 0 Å². The van der Waals surface area contributed by atoms with Crippen molar-refractivity contribution in [2.45, 2.75) is 97.3 Å². The molecule has 1 heterocycles.